The van der Waals surface area contributed by atoms with Gasteiger partial charge in [-0.05, 0) is 30.3 Å². The third-order valence-corrected chi connectivity index (χ3v) is 6.05. The van der Waals surface area contributed by atoms with Gasteiger partial charge < -0.3 is 23.7 Å². The highest BCUT2D eigenvalue weighted by molar-refractivity contribution is 5.78. The number of nitrogens with zero attached hydrogens (tertiary/aromatic N) is 6. The number of morpholine rings is 2. The fraction of sp³-hybridized carbons (Fsp3) is 0.417. The second-order valence-corrected chi connectivity index (χ2v) is 8.82. The molecule has 2 fully saturated rings. The Balaban J connectivity index is 1.36. The molecule has 2 saturated heterocycles. The first kappa shape index (κ1) is 27.6. The Morgan fingerprint density at radius 3 is 1.77 bits per heavy atom. The molecule has 214 valence electrons. The molecule has 10 nitrogen and oxygen atoms in total. The summed E-state index contributed by atoms with van der Waals surface area (Å²) in [6.45, 7) is 4.47. The van der Waals surface area contributed by atoms with Crippen LogP contribution in [0.2, 0.25) is 0 Å². The van der Waals surface area contributed by atoms with Gasteiger partial charge in [0.25, 0.3) is 0 Å². The van der Waals surface area contributed by atoms with Crippen LogP contribution in [0.5, 0.6) is 0 Å². The van der Waals surface area contributed by atoms with Crippen molar-refractivity contribution in [1.82, 2.24) is 15.0 Å². The minimum Gasteiger partial charge on any atom is -0.455 e. The van der Waals surface area contributed by atoms with Crippen LogP contribution in [0.1, 0.15) is 16.9 Å². The van der Waals surface area contributed by atoms with Gasteiger partial charge in [-0.3, -0.25) is 0 Å². The maximum Gasteiger partial charge on any atom is 0.416 e. The van der Waals surface area contributed by atoms with E-state index in [1.807, 2.05) is 9.80 Å². The summed E-state index contributed by atoms with van der Waals surface area (Å²) in [5.74, 6) is 0.881. The van der Waals surface area contributed by atoms with E-state index in [0.29, 0.717) is 76.6 Å². The second kappa shape index (κ2) is 11.3. The number of hydrogen-bond acceptors (Lipinski definition) is 10. The van der Waals surface area contributed by atoms with Crippen LogP contribution < -0.4 is 15.2 Å². The van der Waals surface area contributed by atoms with Crippen LogP contribution >= 0.6 is 0 Å². The molecule has 2 aromatic heterocycles. The predicted molar refractivity (Wildman–Crippen MR) is 131 cm³/mol. The van der Waals surface area contributed by atoms with Gasteiger partial charge in [0.05, 0.1) is 43.8 Å². The van der Waals surface area contributed by atoms with Gasteiger partial charge in [0.1, 0.15) is 11.5 Å². The molecule has 0 amide bonds. The molecule has 16 heteroatoms. The van der Waals surface area contributed by atoms with Crippen LogP contribution in [-0.2, 0) is 21.8 Å². The lowest BCUT2D eigenvalue weighted by Gasteiger charge is -2.30. The molecule has 5 rings (SSSR count). The normalized spacial score (nSPS) is 17.1. The Kier molecular flexibility index (Phi) is 7.80. The lowest BCUT2D eigenvalue weighted by molar-refractivity contribution is -0.143. The number of ether oxygens (including phenoxy) is 2. The van der Waals surface area contributed by atoms with Crippen molar-refractivity contribution >= 4 is 24.1 Å². The molecule has 40 heavy (non-hydrogen) atoms. The summed E-state index contributed by atoms with van der Waals surface area (Å²) in [5, 5.41) is 4.04. The maximum atomic E-state index is 13.2. The third-order valence-electron chi connectivity index (χ3n) is 6.05. The third kappa shape index (κ3) is 6.62. The Bertz CT molecular complexity index is 1280. The number of halogens is 6. The largest absolute Gasteiger partial charge is 0.455 e. The second-order valence-electron chi connectivity index (χ2n) is 8.82. The van der Waals surface area contributed by atoms with E-state index >= 15 is 0 Å². The molecule has 2 aliphatic heterocycles. The van der Waals surface area contributed by atoms with Crippen LogP contribution in [0.3, 0.4) is 0 Å². The summed E-state index contributed by atoms with van der Waals surface area (Å²) >= 11 is 0. The Labute approximate surface area is 223 Å². The first-order chi connectivity index (χ1) is 19.1. The summed E-state index contributed by atoms with van der Waals surface area (Å²) in [4.78, 5) is 17.3. The van der Waals surface area contributed by atoms with Crippen molar-refractivity contribution in [1.29, 1.82) is 0 Å². The van der Waals surface area contributed by atoms with Crippen molar-refractivity contribution in [2.75, 3.05) is 67.8 Å². The minimum absolute atomic E-state index is 0.0593. The van der Waals surface area contributed by atoms with E-state index in [-0.39, 0.29) is 29.1 Å². The number of anilines is 3. The highest BCUT2D eigenvalue weighted by Gasteiger charge is 2.37. The molecule has 2 aliphatic rings. The Morgan fingerprint density at radius 2 is 1.27 bits per heavy atom. The molecule has 0 saturated carbocycles. The predicted octanol–water partition coefficient (Wildman–Crippen LogP) is 4.29. The van der Waals surface area contributed by atoms with Gasteiger partial charge in [-0.2, -0.15) is 46.4 Å². The van der Waals surface area contributed by atoms with Crippen molar-refractivity contribution in [2.24, 2.45) is 5.10 Å². The molecule has 3 aromatic rings. The van der Waals surface area contributed by atoms with Crippen molar-refractivity contribution in [3.63, 3.8) is 0 Å². The molecular formula is C24H23F6N7O3. The smallest absolute Gasteiger partial charge is 0.416 e. The fourth-order valence-electron chi connectivity index (χ4n) is 4.04. The molecule has 1 aromatic carbocycles. The van der Waals surface area contributed by atoms with E-state index in [2.05, 4.69) is 25.5 Å². The summed E-state index contributed by atoms with van der Waals surface area (Å²) in [5.41, 5.74) is -0.559. The fourth-order valence-corrected chi connectivity index (χ4v) is 4.04. The maximum absolute atomic E-state index is 13.2. The highest BCUT2D eigenvalue weighted by atomic mass is 19.4. The topological polar surface area (TPSA) is 101 Å². The Morgan fingerprint density at radius 1 is 0.750 bits per heavy atom. The monoisotopic (exact) mass is 571 g/mol. The molecule has 1 N–H and O–H groups in total. The summed E-state index contributed by atoms with van der Waals surface area (Å²) in [6.07, 6.45) is -8.74. The number of aromatic nitrogens is 3. The zero-order chi connectivity index (χ0) is 28.3. The van der Waals surface area contributed by atoms with Crippen LogP contribution in [0.4, 0.5) is 44.2 Å². The van der Waals surface area contributed by atoms with Crippen LogP contribution in [0.15, 0.2) is 39.9 Å². The van der Waals surface area contributed by atoms with Gasteiger partial charge in [-0.15, -0.1) is 0 Å². The standard InChI is InChI=1S/C24H23F6N7O3/c25-23(26,27)16-11-15(12-17(13-16)24(28,29)30)19-2-1-18(40-19)14-31-35-20-32-21(36-3-7-38-8-4-36)34-22(33-20)37-5-9-39-10-6-37/h1-2,11-14H,3-10H2,(H,32,33,34,35)/b31-14-. The molecule has 0 radical (unpaired) electrons. The van der Waals surface area contributed by atoms with Crippen LogP contribution in [-0.4, -0.2) is 73.8 Å². The van der Waals surface area contributed by atoms with Gasteiger partial charge in [0.15, 0.2) is 0 Å². The SMILES string of the molecule is FC(F)(F)c1cc(-c2ccc(/C=N\Nc3nc(N4CCOCC4)nc(N4CCOCC4)n3)o2)cc(C(F)(F)F)c1. The van der Waals surface area contributed by atoms with E-state index in [1.54, 1.807) is 0 Å². The quantitative estimate of drug-likeness (QED) is 0.264. The zero-order valence-electron chi connectivity index (χ0n) is 20.8. The molecule has 0 aliphatic carbocycles. The van der Waals surface area contributed by atoms with Crippen LogP contribution in [0.25, 0.3) is 11.3 Å². The minimum atomic E-state index is -4.97. The first-order valence-electron chi connectivity index (χ1n) is 12.2. The van der Waals surface area contributed by atoms with Crippen molar-refractivity contribution in [3.8, 4) is 11.3 Å². The van der Waals surface area contributed by atoms with E-state index in [0.717, 1.165) is 0 Å². The van der Waals surface area contributed by atoms with E-state index in [1.165, 1.54) is 18.3 Å². The molecule has 0 bridgehead atoms. The van der Waals surface area contributed by atoms with E-state index in [9.17, 15) is 26.3 Å². The van der Waals surface area contributed by atoms with Crippen molar-refractivity contribution in [2.45, 2.75) is 12.4 Å². The number of hydrazone groups is 1. The number of nitrogens with one attached hydrogen (secondary N) is 1. The summed E-state index contributed by atoms with van der Waals surface area (Å²) in [6, 6.07) is 3.87. The number of benzene rings is 1. The molecule has 4 heterocycles. The average molecular weight is 571 g/mol. The van der Waals surface area contributed by atoms with Gasteiger partial charge in [-0.1, -0.05) is 0 Å². The number of rotatable bonds is 6. The number of hydrogen-bond donors (Lipinski definition) is 1. The van der Waals surface area contributed by atoms with Crippen LogP contribution in [0, 0.1) is 0 Å². The van der Waals surface area contributed by atoms with E-state index < -0.39 is 23.5 Å². The lowest BCUT2D eigenvalue weighted by Crippen LogP contribution is -2.40. The lowest BCUT2D eigenvalue weighted by atomic mass is 10.0. The summed E-state index contributed by atoms with van der Waals surface area (Å²) in [7, 11) is 0. The molecular weight excluding hydrogens is 548 g/mol. The number of furan rings is 1. The van der Waals surface area contributed by atoms with Gasteiger partial charge >= 0.3 is 12.4 Å². The van der Waals surface area contributed by atoms with Crippen molar-refractivity contribution in [3.05, 3.63) is 47.2 Å². The summed E-state index contributed by atoms with van der Waals surface area (Å²) < 4.78 is 95.5. The van der Waals surface area contributed by atoms with Gasteiger partial charge in [-0.25, -0.2) is 5.43 Å². The number of alkyl halides is 6. The zero-order valence-corrected chi connectivity index (χ0v) is 20.8. The molecule has 0 atom stereocenters. The Hall–Kier alpha value is -3.92. The van der Waals surface area contributed by atoms with Gasteiger partial charge in [0.2, 0.25) is 17.8 Å². The van der Waals surface area contributed by atoms with Gasteiger partial charge in [0, 0.05) is 31.7 Å². The molecule has 0 unspecified atom stereocenters. The average Bonchev–Trinajstić information content (AvgIpc) is 3.42. The van der Waals surface area contributed by atoms with E-state index in [4.69, 9.17) is 13.9 Å². The van der Waals surface area contributed by atoms with Crippen molar-refractivity contribution < 1.29 is 40.2 Å². The molecule has 0 spiro atoms. The first-order valence-corrected chi connectivity index (χ1v) is 12.2. The highest BCUT2D eigenvalue weighted by Crippen LogP contribution is 2.39.